The molecule has 0 radical (unpaired) electrons. The summed E-state index contributed by atoms with van der Waals surface area (Å²) >= 11 is 0. The van der Waals surface area contributed by atoms with Gasteiger partial charge < -0.3 is 0 Å². The van der Waals surface area contributed by atoms with Gasteiger partial charge in [-0.15, -0.1) is 0 Å². The highest BCUT2D eigenvalue weighted by Crippen LogP contribution is 2.56. The van der Waals surface area contributed by atoms with E-state index in [1.54, 1.807) is 0 Å². The van der Waals surface area contributed by atoms with E-state index >= 15 is 0 Å². The zero-order valence-electron chi connectivity index (χ0n) is 32.9. The summed E-state index contributed by atoms with van der Waals surface area (Å²) in [6, 6.07) is 61.8. The molecule has 6 aromatic carbocycles. The molecule has 0 N–H and O–H groups in total. The van der Waals surface area contributed by atoms with Crippen LogP contribution in [0.1, 0.15) is 90.5 Å². The van der Waals surface area contributed by atoms with Gasteiger partial charge >= 0.3 is 0 Å². The predicted molar refractivity (Wildman–Crippen MR) is 233 cm³/mol. The SMILES string of the molecule is CCC1C(c2ccccc2)=NC(c2ccc3c(c2)C(c2ccccc2)(c2ccccc2)c2ccccc2-3)=NC1c1ccc(-c2ccc(C(C)(C)C)nc2C)cc1. The average Bonchev–Trinajstić information content (AvgIpc) is 3.54. The van der Waals surface area contributed by atoms with E-state index in [-0.39, 0.29) is 17.4 Å². The van der Waals surface area contributed by atoms with E-state index in [0.29, 0.717) is 0 Å². The van der Waals surface area contributed by atoms with Crippen LogP contribution in [0.25, 0.3) is 22.3 Å². The molecule has 1 aliphatic heterocycles. The maximum Gasteiger partial charge on any atom is 0.155 e. The molecule has 1 aliphatic carbocycles. The highest BCUT2D eigenvalue weighted by Gasteiger charge is 2.46. The van der Waals surface area contributed by atoms with Crippen LogP contribution in [0.5, 0.6) is 0 Å². The fraction of sp³-hybridized carbons (Fsp3) is 0.189. The van der Waals surface area contributed by atoms with Gasteiger partial charge in [0.05, 0.1) is 17.2 Å². The largest absolute Gasteiger partial charge is 0.257 e. The Bertz CT molecular complexity index is 2560. The van der Waals surface area contributed by atoms with Crippen molar-refractivity contribution in [2.45, 2.75) is 57.9 Å². The smallest absolute Gasteiger partial charge is 0.155 e. The van der Waals surface area contributed by atoms with Gasteiger partial charge in [-0.25, -0.2) is 4.99 Å². The van der Waals surface area contributed by atoms with Crippen molar-refractivity contribution in [2.24, 2.45) is 15.9 Å². The van der Waals surface area contributed by atoms with Gasteiger partial charge in [0.2, 0.25) is 0 Å². The monoisotopic (exact) mass is 725 g/mol. The number of fused-ring (bicyclic) bond motifs is 3. The number of aromatic nitrogens is 1. The number of hydrogen-bond acceptors (Lipinski definition) is 3. The number of aryl methyl sites for hydroxylation is 1. The second-order valence-corrected chi connectivity index (χ2v) is 16.3. The van der Waals surface area contributed by atoms with Crippen LogP contribution in [0.3, 0.4) is 0 Å². The first kappa shape index (κ1) is 35.5. The Labute approximate surface area is 331 Å². The molecule has 2 unspecified atom stereocenters. The average molecular weight is 726 g/mol. The normalized spacial score (nSPS) is 17.1. The van der Waals surface area contributed by atoms with Gasteiger partial charge in [-0.3, -0.25) is 9.98 Å². The van der Waals surface area contributed by atoms with Crippen LogP contribution < -0.4 is 0 Å². The summed E-state index contributed by atoms with van der Waals surface area (Å²) in [5.74, 6) is 0.891. The maximum absolute atomic E-state index is 5.59. The third-order valence-corrected chi connectivity index (χ3v) is 11.9. The van der Waals surface area contributed by atoms with Gasteiger partial charge in [0, 0.05) is 33.8 Å². The van der Waals surface area contributed by atoms with Crippen LogP contribution in [0, 0.1) is 12.8 Å². The molecule has 7 aromatic rings. The lowest BCUT2D eigenvalue weighted by Crippen LogP contribution is -2.29. The minimum absolute atomic E-state index is 0.00439. The Kier molecular flexibility index (Phi) is 8.97. The number of hydrogen-bond donors (Lipinski definition) is 0. The van der Waals surface area contributed by atoms with Crippen LogP contribution in [0.4, 0.5) is 0 Å². The molecular weight excluding hydrogens is 679 g/mol. The molecule has 0 spiro atoms. The lowest BCUT2D eigenvalue weighted by molar-refractivity contribution is 0.532. The molecule has 0 saturated carbocycles. The molecule has 2 atom stereocenters. The van der Waals surface area contributed by atoms with Crippen LogP contribution in [0.15, 0.2) is 180 Å². The van der Waals surface area contributed by atoms with E-state index in [1.165, 1.54) is 44.5 Å². The molecule has 2 aliphatic rings. The molecule has 0 amide bonds. The van der Waals surface area contributed by atoms with Crippen molar-refractivity contribution in [3.63, 3.8) is 0 Å². The fourth-order valence-electron chi connectivity index (χ4n) is 9.07. The number of nitrogens with zero attached hydrogens (tertiary/aromatic N) is 3. The van der Waals surface area contributed by atoms with E-state index in [4.69, 9.17) is 15.0 Å². The standard InChI is InChI=1S/C53H47N3/c1-6-42-49(37-18-10-7-11-19-37)55-51(56-50(42)38-28-26-36(27-29-38)43-32-33-48(52(3,4)5)54-35(43)2)39-30-31-45-44-24-16-17-25-46(44)53(47(45)34-39,40-20-12-8-13-21-40)41-22-14-9-15-23-41/h7-34,42,50H,6H2,1-5H3. The fourth-order valence-corrected chi connectivity index (χ4v) is 9.07. The second kappa shape index (κ2) is 14.1. The lowest BCUT2D eigenvalue weighted by Gasteiger charge is -2.34. The Morgan fingerprint density at radius 1 is 0.554 bits per heavy atom. The van der Waals surface area contributed by atoms with Crippen LogP contribution in [-0.4, -0.2) is 16.5 Å². The quantitative estimate of drug-likeness (QED) is 0.161. The summed E-state index contributed by atoms with van der Waals surface area (Å²) in [7, 11) is 0. The highest BCUT2D eigenvalue weighted by atomic mass is 15.0. The van der Waals surface area contributed by atoms with Crippen molar-refractivity contribution in [3.8, 4) is 22.3 Å². The third-order valence-electron chi connectivity index (χ3n) is 11.9. The summed E-state index contributed by atoms with van der Waals surface area (Å²) in [6.45, 7) is 11.0. The van der Waals surface area contributed by atoms with Gasteiger partial charge in [-0.2, -0.15) is 0 Å². The predicted octanol–water partition coefficient (Wildman–Crippen LogP) is 12.7. The van der Waals surface area contributed by atoms with Crippen LogP contribution >= 0.6 is 0 Å². The first-order valence-electron chi connectivity index (χ1n) is 19.9. The van der Waals surface area contributed by atoms with E-state index < -0.39 is 5.41 Å². The molecule has 0 fully saturated rings. The summed E-state index contributed by atoms with van der Waals surface area (Å²) < 4.78 is 0. The van der Waals surface area contributed by atoms with Crippen molar-refractivity contribution in [2.75, 3.05) is 0 Å². The molecule has 274 valence electrons. The summed E-state index contributed by atoms with van der Waals surface area (Å²) in [4.78, 5) is 16.1. The topological polar surface area (TPSA) is 37.6 Å². The number of aliphatic imine (C=N–C) groups is 2. The Hall–Kier alpha value is -6.19. The Morgan fingerprint density at radius 2 is 1.12 bits per heavy atom. The first-order chi connectivity index (χ1) is 27.3. The van der Waals surface area contributed by atoms with Crippen molar-refractivity contribution >= 4 is 11.5 Å². The number of rotatable bonds is 7. The van der Waals surface area contributed by atoms with Gasteiger partial charge in [0.1, 0.15) is 0 Å². The van der Waals surface area contributed by atoms with Crippen molar-refractivity contribution in [1.29, 1.82) is 0 Å². The number of pyridine rings is 1. The molecular formula is C53H47N3. The van der Waals surface area contributed by atoms with Crippen molar-refractivity contribution in [1.82, 2.24) is 4.98 Å². The lowest BCUT2D eigenvalue weighted by atomic mass is 9.67. The molecule has 1 aromatic heterocycles. The number of benzene rings is 6. The van der Waals surface area contributed by atoms with Crippen molar-refractivity contribution < 1.29 is 0 Å². The van der Waals surface area contributed by atoms with E-state index in [2.05, 4.69) is 204 Å². The molecule has 9 rings (SSSR count). The van der Waals surface area contributed by atoms with Gasteiger partial charge in [0.15, 0.2) is 5.84 Å². The Balaban J connectivity index is 1.20. The number of amidine groups is 1. The van der Waals surface area contributed by atoms with Gasteiger partial charge in [-0.05, 0) is 75.5 Å². The molecule has 2 heterocycles. The molecule has 0 saturated heterocycles. The zero-order valence-corrected chi connectivity index (χ0v) is 32.9. The van der Waals surface area contributed by atoms with E-state index in [9.17, 15) is 0 Å². The maximum atomic E-state index is 5.59. The summed E-state index contributed by atoms with van der Waals surface area (Å²) in [5.41, 5.74) is 16.0. The van der Waals surface area contributed by atoms with Gasteiger partial charge in [0.25, 0.3) is 0 Å². The molecule has 56 heavy (non-hydrogen) atoms. The molecule has 0 bridgehead atoms. The van der Waals surface area contributed by atoms with E-state index in [1.807, 2.05) is 0 Å². The van der Waals surface area contributed by atoms with E-state index in [0.717, 1.165) is 46.0 Å². The Morgan fingerprint density at radius 3 is 1.75 bits per heavy atom. The van der Waals surface area contributed by atoms with Crippen LogP contribution in [-0.2, 0) is 10.8 Å². The summed E-state index contributed by atoms with van der Waals surface area (Å²) in [6.07, 6.45) is 0.916. The van der Waals surface area contributed by atoms with Crippen molar-refractivity contribution in [3.05, 3.63) is 220 Å². The zero-order chi connectivity index (χ0) is 38.4. The molecule has 3 heteroatoms. The minimum Gasteiger partial charge on any atom is -0.257 e. The molecule has 3 nitrogen and oxygen atoms in total. The third kappa shape index (κ3) is 5.94. The minimum atomic E-state index is -0.495. The first-order valence-corrected chi connectivity index (χ1v) is 19.9. The summed E-state index contributed by atoms with van der Waals surface area (Å²) in [5, 5.41) is 0. The second-order valence-electron chi connectivity index (χ2n) is 16.3. The van der Waals surface area contributed by atoms with Crippen LogP contribution in [0.2, 0.25) is 0 Å². The van der Waals surface area contributed by atoms with Gasteiger partial charge in [-0.1, -0.05) is 185 Å². The highest BCUT2D eigenvalue weighted by molar-refractivity contribution is 6.15.